The van der Waals surface area contributed by atoms with Crippen LogP contribution in [0.15, 0.2) is 36.0 Å². The van der Waals surface area contributed by atoms with Crippen LogP contribution in [0.1, 0.15) is 6.92 Å². The van der Waals surface area contributed by atoms with E-state index in [9.17, 15) is 9.59 Å². The van der Waals surface area contributed by atoms with Crippen molar-refractivity contribution in [3.63, 3.8) is 0 Å². The summed E-state index contributed by atoms with van der Waals surface area (Å²) in [6.07, 6.45) is 4.13. The number of likely N-dealkylation sites (N-methyl/N-ethyl adjacent to an activating group) is 1. The number of rotatable bonds is 4. The fourth-order valence-electron chi connectivity index (χ4n) is 0.903. The summed E-state index contributed by atoms with van der Waals surface area (Å²) in [5.41, 5.74) is -0.0139. The zero-order chi connectivity index (χ0) is 11.1. The minimum Gasteiger partial charge on any atom is -0.478 e. The minimum atomic E-state index is -1.15. The van der Waals surface area contributed by atoms with Gasteiger partial charge in [0, 0.05) is 7.05 Å². The van der Waals surface area contributed by atoms with E-state index >= 15 is 0 Å². The minimum absolute atomic E-state index is 0.0538. The summed E-state index contributed by atoms with van der Waals surface area (Å²) in [5, 5.41) is 11.2. The molecule has 0 saturated heterocycles. The summed E-state index contributed by atoms with van der Waals surface area (Å²) >= 11 is 0. The van der Waals surface area contributed by atoms with Gasteiger partial charge in [-0.3, -0.25) is 4.79 Å². The predicted octanol–water partition coefficient (Wildman–Crippen LogP) is 0.876. The maximum atomic E-state index is 11.2. The maximum Gasteiger partial charge on any atom is 0.336 e. The van der Waals surface area contributed by atoms with E-state index < -0.39 is 11.9 Å². The van der Waals surface area contributed by atoms with Crippen molar-refractivity contribution >= 4 is 11.9 Å². The lowest BCUT2D eigenvalue weighted by Crippen LogP contribution is -2.21. The van der Waals surface area contributed by atoms with Crippen LogP contribution in [-0.4, -0.2) is 24.0 Å². The Morgan fingerprint density at radius 3 is 2.21 bits per heavy atom. The van der Waals surface area contributed by atoms with E-state index in [1.54, 1.807) is 13.0 Å². The van der Waals surface area contributed by atoms with Gasteiger partial charge >= 0.3 is 5.97 Å². The third kappa shape index (κ3) is 2.90. The summed E-state index contributed by atoms with van der Waals surface area (Å²) in [5.74, 6) is -1.61. The molecule has 14 heavy (non-hydrogen) atoms. The van der Waals surface area contributed by atoms with Crippen LogP contribution >= 0.6 is 0 Å². The number of nitrogens with one attached hydrogen (secondary N) is 1. The number of carboxylic acid groups (broad SMARTS) is 1. The predicted molar refractivity (Wildman–Crippen MR) is 53.7 cm³/mol. The highest BCUT2D eigenvalue weighted by Gasteiger charge is 2.14. The van der Waals surface area contributed by atoms with Gasteiger partial charge in [-0.05, 0) is 6.92 Å². The Labute approximate surface area is 82.6 Å². The molecule has 0 aliphatic rings. The monoisotopic (exact) mass is 195 g/mol. The van der Waals surface area contributed by atoms with E-state index in [1.807, 2.05) is 0 Å². The Hall–Kier alpha value is -1.84. The second kappa shape index (κ2) is 5.75. The van der Waals surface area contributed by atoms with Crippen molar-refractivity contribution in [1.29, 1.82) is 0 Å². The van der Waals surface area contributed by atoms with Crippen LogP contribution in [0.4, 0.5) is 0 Å². The zero-order valence-electron chi connectivity index (χ0n) is 8.20. The van der Waals surface area contributed by atoms with Crippen molar-refractivity contribution in [2.75, 3.05) is 7.05 Å². The quantitative estimate of drug-likeness (QED) is 0.517. The molecule has 4 nitrogen and oxygen atoms in total. The van der Waals surface area contributed by atoms with Crippen LogP contribution in [-0.2, 0) is 9.59 Å². The Bertz CT molecular complexity index is 313. The topological polar surface area (TPSA) is 66.4 Å². The van der Waals surface area contributed by atoms with Gasteiger partial charge in [0.1, 0.15) is 0 Å². The number of aliphatic carboxylic acids is 1. The van der Waals surface area contributed by atoms with E-state index in [2.05, 4.69) is 11.9 Å². The maximum absolute atomic E-state index is 11.2. The second-order valence-corrected chi connectivity index (χ2v) is 2.42. The lowest BCUT2D eigenvalue weighted by Gasteiger charge is -2.03. The van der Waals surface area contributed by atoms with Crippen LogP contribution in [0.25, 0.3) is 0 Å². The highest BCUT2D eigenvalue weighted by atomic mass is 16.4. The second-order valence-electron chi connectivity index (χ2n) is 2.42. The molecule has 0 aromatic carbocycles. The molecule has 4 heteroatoms. The van der Waals surface area contributed by atoms with Crippen molar-refractivity contribution in [3.8, 4) is 0 Å². The number of carbonyl (C=O) groups excluding carboxylic acids is 1. The molecule has 1 amide bonds. The van der Waals surface area contributed by atoms with Crippen molar-refractivity contribution < 1.29 is 14.7 Å². The van der Waals surface area contributed by atoms with Gasteiger partial charge in [0.05, 0.1) is 11.1 Å². The number of carboxylic acids is 1. The molecule has 0 spiro atoms. The molecule has 0 bridgehead atoms. The molecular formula is C10H13NO3. The van der Waals surface area contributed by atoms with Crippen LogP contribution in [0.3, 0.4) is 0 Å². The first-order chi connectivity index (χ1) is 6.58. The van der Waals surface area contributed by atoms with Gasteiger partial charge in [-0.15, -0.1) is 0 Å². The van der Waals surface area contributed by atoms with Crippen LogP contribution < -0.4 is 5.32 Å². The van der Waals surface area contributed by atoms with Crippen LogP contribution in [0.5, 0.6) is 0 Å². The van der Waals surface area contributed by atoms with E-state index in [0.717, 1.165) is 0 Å². The Morgan fingerprint density at radius 1 is 1.36 bits per heavy atom. The van der Waals surface area contributed by atoms with Gasteiger partial charge in [0.25, 0.3) is 5.91 Å². The van der Waals surface area contributed by atoms with Gasteiger partial charge < -0.3 is 10.4 Å². The molecule has 0 atom stereocenters. The molecule has 2 N–H and O–H groups in total. The fraction of sp³-hybridized carbons (Fsp3) is 0.200. The van der Waals surface area contributed by atoms with Gasteiger partial charge in [0.2, 0.25) is 0 Å². The van der Waals surface area contributed by atoms with Gasteiger partial charge in [-0.25, -0.2) is 4.79 Å². The highest BCUT2D eigenvalue weighted by Crippen LogP contribution is 2.08. The fourth-order valence-corrected chi connectivity index (χ4v) is 0.903. The first-order valence-electron chi connectivity index (χ1n) is 4.03. The van der Waals surface area contributed by atoms with E-state index in [1.165, 1.54) is 19.2 Å². The van der Waals surface area contributed by atoms with Crippen molar-refractivity contribution in [2.24, 2.45) is 0 Å². The highest BCUT2D eigenvalue weighted by molar-refractivity contribution is 6.05. The largest absolute Gasteiger partial charge is 0.478 e. The summed E-state index contributed by atoms with van der Waals surface area (Å²) < 4.78 is 0. The smallest absolute Gasteiger partial charge is 0.336 e. The third-order valence-corrected chi connectivity index (χ3v) is 1.53. The number of hydrogen-bond acceptors (Lipinski definition) is 2. The van der Waals surface area contributed by atoms with Crippen LogP contribution in [0, 0.1) is 0 Å². The van der Waals surface area contributed by atoms with E-state index in [0.29, 0.717) is 0 Å². The van der Waals surface area contributed by atoms with Gasteiger partial charge in [0.15, 0.2) is 0 Å². The van der Waals surface area contributed by atoms with Crippen LogP contribution in [0.2, 0.25) is 0 Å². The molecule has 0 aliphatic carbocycles. The number of carbonyl (C=O) groups is 2. The Morgan fingerprint density at radius 2 is 1.93 bits per heavy atom. The molecule has 0 radical (unpaired) electrons. The molecule has 76 valence electrons. The molecule has 0 fully saturated rings. The van der Waals surface area contributed by atoms with Crippen molar-refractivity contribution in [3.05, 3.63) is 36.0 Å². The number of amides is 1. The molecule has 0 aromatic rings. The van der Waals surface area contributed by atoms with E-state index in [4.69, 9.17) is 5.11 Å². The third-order valence-electron chi connectivity index (χ3n) is 1.53. The zero-order valence-corrected chi connectivity index (χ0v) is 8.20. The first-order valence-corrected chi connectivity index (χ1v) is 4.03. The van der Waals surface area contributed by atoms with Crippen molar-refractivity contribution in [2.45, 2.75) is 6.92 Å². The molecule has 0 heterocycles. The molecule has 0 unspecified atom stereocenters. The molecule has 0 rings (SSSR count). The van der Waals surface area contributed by atoms with Crippen molar-refractivity contribution in [1.82, 2.24) is 5.32 Å². The number of hydrogen-bond donors (Lipinski definition) is 2. The first kappa shape index (κ1) is 12.2. The normalized spacial score (nSPS) is 12.1. The lowest BCUT2D eigenvalue weighted by atomic mass is 10.1. The average molecular weight is 195 g/mol. The molecule has 0 aromatic heterocycles. The Kier molecular flexibility index (Phi) is 4.99. The molecular weight excluding hydrogens is 182 g/mol. The SMILES string of the molecule is C=C/C(C(=O)NC)=C(\C=C/C)C(=O)O. The Balaban J connectivity index is 5.40. The lowest BCUT2D eigenvalue weighted by molar-refractivity contribution is -0.132. The van der Waals surface area contributed by atoms with Gasteiger partial charge in [-0.1, -0.05) is 24.8 Å². The number of allylic oxidation sites excluding steroid dienone is 1. The summed E-state index contributed by atoms with van der Waals surface area (Å²) in [4.78, 5) is 22.0. The average Bonchev–Trinajstić information content (AvgIpc) is 2.16. The van der Waals surface area contributed by atoms with E-state index in [-0.39, 0.29) is 11.1 Å². The summed E-state index contributed by atoms with van der Waals surface area (Å²) in [7, 11) is 1.43. The summed E-state index contributed by atoms with van der Waals surface area (Å²) in [6, 6.07) is 0. The standard InChI is InChI=1S/C10H13NO3/c1-4-6-8(10(13)14)7(5-2)9(12)11-3/h4-6H,2H2,1,3H3,(H,11,12)(H,13,14)/b6-4-,8-7-. The molecule has 0 saturated carbocycles. The molecule has 0 aliphatic heterocycles. The summed E-state index contributed by atoms with van der Waals surface area (Å²) in [6.45, 7) is 5.07. The van der Waals surface area contributed by atoms with Gasteiger partial charge in [-0.2, -0.15) is 0 Å².